The second-order valence-corrected chi connectivity index (χ2v) is 8.13. The smallest absolute Gasteiger partial charge is 0.246 e. The first-order valence-corrected chi connectivity index (χ1v) is 9.83. The topological polar surface area (TPSA) is 81.5 Å². The van der Waals surface area contributed by atoms with Gasteiger partial charge in [0, 0.05) is 31.7 Å². The quantitative estimate of drug-likeness (QED) is 0.753. The highest BCUT2D eigenvalue weighted by Gasteiger charge is 2.31. The third-order valence-electron chi connectivity index (χ3n) is 4.56. The van der Waals surface area contributed by atoms with Crippen molar-refractivity contribution in [2.75, 3.05) is 31.1 Å². The Morgan fingerprint density at radius 1 is 1.11 bits per heavy atom. The van der Waals surface area contributed by atoms with Crippen LogP contribution in [-0.2, 0) is 10.0 Å². The van der Waals surface area contributed by atoms with Crippen molar-refractivity contribution in [3.63, 3.8) is 0 Å². The van der Waals surface area contributed by atoms with Gasteiger partial charge in [0.15, 0.2) is 5.78 Å². The molecule has 1 saturated heterocycles. The van der Waals surface area contributed by atoms with Gasteiger partial charge in [0.1, 0.15) is 16.8 Å². The van der Waals surface area contributed by atoms with Gasteiger partial charge >= 0.3 is 0 Å². The van der Waals surface area contributed by atoms with Crippen LogP contribution in [0.3, 0.4) is 0 Å². The summed E-state index contributed by atoms with van der Waals surface area (Å²) in [5.41, 5.74) is 1.52. The highest BCUT2D eigenvalue weighted by atomic mass is 32.2. The predicted octanol–water partition coefficient (Wildman–Crippen LogP) is 2.41. The predicted molar refractivity (Wildman–Crippen MR) is 98.5 cm³/mol. The molecule has 0 radical (unpaired) electrons. The number of benzene rings is 2. The minimum Gasteiger partial charge on any atom is -0.368 e. The van der Waals surface area contributed by atoms with Crippen molar-refractivity contribution in [1.82, 2.24) is 4.31 Å². The molecule has 6 nitrogen and oxygen atoms in total. The minimum atomic E-state index is -3.92. The van der Waals surface area contributed by atoms with Crippen LogP contribution in [0.1, 0.15) is 22.8 Å². The number of nitriles is 1. The van der Waals surface area contributed by atoms with Crippen LogP contribution in [-0.4, -0.2) is 44.7 Å². The Hall–Kier alpha value is -2.76. The van der Waals surface area contributed by atoms with Gasteiger partial charge in [0.05, 0.1) is 11.3 Å². The van der Waals surface area contributed by atoms with Crippen molar-refractivity contribution in [3.8, 4) is 6.07 Å². The summed E-state index contributed by atoms with van der Waals surface area (Å²) in [7, 11) is -3.92. The van der Waals surface area contributed by atoms with Crippen LogP contribution >= 0.6 is 0 Å². The lowest BCUT2D eigenvalue weighted by Gasteiger charge is -2.35. The number of carbonyl (C=O) groups excluding carboxylic acids is 1. The number of Topliss-reactive ketones (excluding diaryl/α,β-unsaturated/α-hetero) is 1. The van der Waals surface area contributed by atoms with E-state index >= 15 is 0 Å². The summed E-state index contributed by atoms with van der Waals surface area (Å²) in [6, 6.07) is 12.2. The average Bonchev–Trinajstić information content (AvgIpc) is 2.67. The number of hydrogen-bond donors (Lipinski definition) is 0. The van der Waals surface area contributed by atoms with E-state index in [9.17, 15) is 22.9 Å². The van der Waals surface area contributed by atoms with Gasteiger partial charge in [0.25, 0.3) is 0 Å². The minimum absolute atomic E-state index is 0.110. The Bertz CT molecular complexity index is 1020. The SMILES string of the molecule is CC(=O)c1ccc(C#N)c(N2CCN(S(=O)(=O)c3ccccc3F)CC2)c1. The molecule has 3 rings (SSSR count). The Labute approximate surface area is 157 Å². The fourth-order valence-corrected chi connectivity index (χ4v) is 4.56. The van der Waals surface area contributed by atoms with Crippen LogP contribution < -0.4 is 4.90 Å². The largest absolute Gasteiger partial charge is 0.368 e. The molecule has 0 aliphatic carbocycles. The lowest BCUT2D eigenvalue weighted by Crippen LogP contribution is -2.49. The van der Waals surface area contributed by atoms with Crippen LogP contribution in [0, 0.1) is 17.1 Å². The molecule has 0 unspecified atom stereocenters. The van der Waals surface area contributed by atoms with Crippen molar-refractivity contribution >= 4 is 21.5 Å². The first-order chi connectivity index (χ1) is 12.8. The summed E-state index contributed by atoms with van der Waals surface area (Å²) in [6.45, 7) is 2.44. The molecule has 0 amide bonds. The molecule has 1 fully saturated rings. The van der Waals surface area contributed by atoms with Crippen molar-refractivity contribution in [1.29, 1.82) is 5.26 Å². The monoisotopic (exact) mass is 387 g/mol. The molecule has 0 bridgehead atoms. The van der Waals surface area contributed by atoms with Gasteiger partial charge in [-0.1, -0.05) is 12.1 Å². The van der Waals surface area contributed by atoms with E-state index in [0.29, 0.717) is 29.9 Å². The van der Waals surface area contributed by atoms with Crippen LogP contribution in [0.2, 0.25) is 0 Å². The number of halogens is 1. The summed E-state index contributed by atoms with van der Waals surface area (Å²) in [6.07, 6.45) is 0. The summed E-state index contributed by atoms with van der Waals surface area (Å²) in [5, 5.41) is 9.33. The van der Waals surface area contributed by atoms with Crippen molar-refractivity contribution in [3.05, 3.63) is 59.4 Å². The molecule has 1 aliphatic rings. The maximum atomic E-state index is 13.9. The molecule has 0 N–H and O–H groups in total. The van der Waals surface area contributed by atoms with E-state index < -0.39 is 15.8 Å². The highest BCUT2D eigenvalue weighted by molar-refractivity contribution is 7.89. The first-order valence-electron chi connectivity index (χ1n) is 8.39. The summed E-state index contributed by atoms with van der Waals surface area (Å²) >= 11 is 0. The molecule has 0 aromatic heterocycles. The van der Waals surface area contributed by atoms with Gasteiger partial charge in [-0.3, -0.25) is 4.79 Å². The molecule has 8 heteroatoms. The second-order valence-electron chi connectivity index (χ2n) is 6.22. The molecule has 1 heterocycles. The zero-order valence-corrected chi connectivity index (χ0v) is 15.5. The van der Waals surface area contributed by atoms with Gasteiger partial charge in [-0.25, -0.2) is 12.8 Å². The van der Waals surface area contributed by atoms with Gasteiger partial charge in [-0.15, -0.1) is 0 Å². The van der Waals surface area contributed by atoms with Crippen molar-refractivity contribution in [2.45, 2.75) is 11.8 Å². The number of nitrogens with zero attached hydrogens (tertiary/aromatic N) is 3. The average molecular weight is 387 g/mol. The molecular weight excluding hydrogens is 369 g/mol. The molecule has 0 spiro atoms. The highest BCUT2D eigenvalue weighted by Crippen LogP contribution is 2.26. The fourth-order valence-electron chi connectivity index (χ4n) is 3.07. The molecule has 140 valence electrons. The van der Waals surface area contributed by atoms with E-state index in [1.54, 1.807) is 18.2 Å². The summed E-state index contributed by atoms with van der Waals surface area (Å²) < 4.78 is 40.5. The molecule has 0 saturated carbocycles. The van der Waals surface area contributed by atoms with Gasteiger partial charge in [0.2, 0.25) is 10.0 Å². The maximum absolute atomic E-state index is 13.9. The zero-order chi connectivity index (χ0) is 19.6. The lowest BCUT2D eigenvalue weighted by molar-refractivity contribution is 0.101. The maximum Gasteiger partial charge on any atom is 0.246 e. The van der Waals surface area contributed by atoms with E-state index in [1.165, 1.54) is 29.4 Å². The van der Waals surface area contributed by atoms with Crippen molar-refractivity contribution < 1.29 is 17.6 Å². The summed E-state index contributed by atoms with van der Waals surface area (Å²) in [4.78, 5) is 13.2. The second kappa shape index (κ2) is 7.47. The van der Waals surface area contributed by atoms with Crippen LogP contribution in [0.4, 0.5) is 10.1 Å². The number of anilines is 1. The number of rotatable bonds is 4. The number of carbonyl (C=O) groups is 1. The van der Waals surface area contributed by atoms with E-state index in [-0.39, 0.29) is 23.8 Å². The van der Waals surface area contributed by atoms with E-state index in [1.807, 2.05) is 4.90 Å². The third kappa shape index (κ3) is 3.70. The number of hydrogen-bond acceptors (Lipinski definition) is 5. The Kier molecular flexibility index (Phi) is 5.26. The zero-order valence-electron chi connectivity index (χ0n) is 14.7. The van der Waals surface area contributed by atoms with Gasteiger partial charge in [-0.05, 0) is 37.3 Å². The Morgan fingerprint density at radius 2 is 1.78 bits per heavy atom. The number of piperazine rings is 1. The number of sulfonamides is 1. The standard InChI is InChI=1S/C19H18FN3O3S/c1-14(24)15-6-7-16(13-21)18(12-15)22-8-10-23(11-9-22)27(25,26)19-5-3-2-4-17(19)20/h2-7,12H,8-11H2,1H3. The molecule has 0 atom stereocenters. The Balaban J connectivity index is 1.82. The van der Waals surface area contributed by atoms with E-state index in [2.05, 4.69) is 6.07 Å². The van der Waals surface area contributed by atoms with E-state index in [4.69, 9.17) is 0 Å². The molecular formula is C19H18FN3O3S. The molecule has 2 aromatic carbocycles. The third-order valence-corrected chi connectivity index (χ3v) is 6.49. The van der Waals surface area contributed by atoms with Crippen LogP contribution in [0.15, 0.2) is 47.4 Å². The normalized spacial score (nSPS) is 15.4. The number of ketones is 1. The van der Waals surface area contributed by atoms with Crippen LogP contribution in [0.25, 0.3) is 0 Å². The van der Waals surface area contributed by atoms with Crippen LogP contribution in [0.5, 0.6) is 0 Å². The molecule has 1 aliphatic heterocycles. The van der Waals surface area contributed by atoms with Gasteiger partial charge in [-0.2, -0.15) is 9.57 Å². The molecule has 2 aromatic rings. The van der Waals surface area contributed by atoms with Gasteiger partial charge < -0.3 is 4.90 Å². The Morgan fingerprint density at radius 3 is 2.37 bits per heavy atom. The molecule has 27 heavy (non-hydrogen) atoms. The lowest BCUT2D eigenvalue weighted by atomic mass is 10.1. The van der Waals surface area contributed by atoms with E-state index in [0.717, 1.165) is 6.07 Å². The summed E-state index contributed by atoms with van der Waals surface area (Å²) in [5.74, 6) is -0.887. The first kappa shape index (κ1) is 19.0. The van der Waals surface area contributed by atoms with Crippen molar-refractivity contribution in [2.24, 2.45) is 0 Å². The fraction of sp³-hybridized carbons (Fsp3) is 0.263.